The van der Waals surface area contributed by atoms with E-state index in [2.05, 4.69) is 5.32 Å². The quantitative estimate of drug-likeness (QED) is 0.767. The van der Waals surface area contributed by atoms with Gasteiger partial charge in [0.15, 0.2) is 0 Å². The third-order valence-corrected chi connectivity index (χ3v) is 3.46. The minimum atomic E-state index is -0.877. The number of nitrogens with one attached hydrogen (secondary N) is 1. The number of rotatable bonds is 6. The van der Waals surface area contributed by atoms with Crippen LogP contribution in [0, 0.1) is 5.92 Å². The van der Waals surface area contributed by atoms with Gasteiger partial charge in [0.2, 0.25) is 5.91 Å². The third-order valence-electron chi connectivity index (χ3n) is 3.46. The monoisotopic (exact) mass is 270 g/mol. The molecule has 2 N–H and O–H groups in total. The fourth-order valence-corrected chi connectivity index (χ4v) is 2.39. The van der Waals surface area contributed by atoms with E-state index in [0.29, 0.717) is 12.3 Å². The van der Waals surface area contributed by atoms with Crippen LogP contribution in [0.5, 0.6) is 0 Å². The minimum absolute atomic E-state index is 0.0249. The molecule has 1 amide bonds. The highest BCUT2D eigenvalue weighted by atomic mass is 16.4. The van der Waals surface area contributed by atoms with E-state index in [1.54, 1.807) is 0 Å². The van der Waals surface area contributed by atoms with Crippen LogP contribution >= 0.6 is 0 Å². The molecule has 0 radical (unpaired) electrons. The normalized spacial score (nSPS) is 18.2. The predicted octanol–water partition coefficient (Wildman–Crippen LogP) is 1.48. The first-order valence-electron chi connectivity index (χ1n) is 7.24. The largest absolute Gasteiger partial charge is 0.480 e. The van der Waals surface area contributed by atoms with Gasteiger partial charge in [-0.3, -0.25) is 14.9 Å². The zero-order valence-electron chi connectivity index (χ0n) is 12.0. The van der Waals surface area contributed by atoms with E-state index in [0.717, 1.165) is 25.9 Å². The molecule has 1 aliphatic rings. The van der Waals surface area contributed by atoms with E-state index in [9.17, 15) is 9.59 Å². The molecule has 19 heavy (non-hydrogen) atoms. The Morgan fingerprint density at radius 2 is 1.74 bits per heavy atom. The molecule has 0 spiro atoms. The zero-order valence-corrected chi connectivity index (χ0v) is 12.0. The first-order valence-corrected chi connectivity index (χ1v) is 7.24. The van der Waals surface area contributed by atoms with Crippen molar-refractivity contribution in [1.82, 2.24) is 10.2 Å². The van der Waals surface area contributed by atoms with Gasteiger partial charge in [-0.05, 0) is 25.2 Å². The molecule has 0 aliphatic carbocycles. The molecule has 1 heterocycles. The summed E-state index contributed by atoms with van der Waals surface area (Å²) in [5.74, 6) is -0.559. The summed E-state index contributed by atoms with van der Waals surface area (Å²) >= 11 is 0. The summed E-state index contributed by atoms with van der Waals surface area (Å²) in [6.07, 6.45) is 5.02. The van der Waals surface area contributed by atoms with Crippen LogP contribution in [0.15, 0.2) is 0 Å². The van der Waals surface area contributed by atoms with Gasteiger partial charge >= 0.3 is 5.97 Å². The summed E-state index contributed by atoms with van der Waals surface area (Å²) in [7, 11) is 0. The molecule has 1 unspecified atom stereocenters. The molecular formula is C14H26N2O3. The Hall–Kier alpha value is -1.10. The lowest BCUT2D eigenvalue weighted by atomic mass is 10.0. The molecule has 1 rings (SSSR count). The molecule has 110 valence electrons. The average Bonchev–Trinajstić information content (AvgIpc) is 2.62. The number of carboxylic acid groups (broad SMARTS) is 1. The van der Waals surface area contributed by atoms with Crippen molar-refractivity contribution in [3.63, 3.8) is 0 Å². The van der Waals surface area contributed by atoms with Gasteiger partial charge in [-0.2, -0.15) is 0 Å². The summed E-state index contributed by atoms with van der Waals surface area (Å²) in [4.78, 5) is 25.0. The van der Waals surface area contributed by atoms with Crippen molar-refractivity contribution in [3.05, 3.63) is 0 Å². The second kappa shape index (κ2) is 8.15. The van der Waals surface area contributed by atoms with Gasteiger partial charge in [-0.25, -0.2) is 0 Å². The van der Waals surface area contributed by atoms with E-state index in [1.807, 2.05) is 18.7 Å². The number of hydrogen-bond donors (Lipinski definition) is 2. The first kappa shape index (κ1) is 16.0. The number of aliphatic carboxylic acids is 1. The van der Waals surface area contributed by atoms with Crippen LogP contribution in [0.3, 0.4) is 0 Å². The number of likely N-dealkylation sites (tertiary alicyclic amines) is 1. The smallest absolute Gasteiger partial charge is 0.320 e. The van der Waals surface area contributed by atoms with Gasteiger partial charge in [-0.1, -0.05) is 26.7 Å². The third kappa shape index (κ3) is 6.05. The Kier molecular flexibility index (Phi) is 6.84. The Morgan fingerprint density at radius 3 is 2.21 bits per heavy atom. The number of carbonyl (C=O) groups excluding carboxylic acids is 1. The van der Waals surface area contributed by atoms with Crippen LogP contribution in [0.25, 0.3) is 0 Å². The lowest BCUT2D eigenvalue weighted by Gasteiger charge is -2.22. The van der Waals surface area contributed by atoms with Gasteiger partial charge in [0, 0.05) is 13.1 Å². The van der Waals surface area contributed by atoms with E-state index in [-0.39, 0.29) is 12.5 Å². The SMILES string of the molecule is CC(C)CC(NCC(=O)N1CCCCCC1)C(=O)O. The van der Waals surface area contributed by atoms with Crippen molar-refractivity contribution in [3.8, 4) is 0 Å². The molecular weight excluding hydrogens is 244 g/mol. The van der Waals surface area contributed by atoms with E-state index >= 15 is 0 Å². The maximum atomic E-state index is 12.0. The molecule has 5 nitrogen and oxygen atoms in total. The van der Waals surface area contributed by atoms with E-state index in [1.165, 1.54) is 12.8 Å². The van der Waals surface area contributed by atoms with Crippen molar-refractivity contribution in [2.45, 2.75) is 52.0 Å². The number of carboxylic acids is 1. The second-order valence-corrected chi connectivity index (χ2v) is 5.70. The Labute approximate surface area is 115 Å². The Balaban J connectivity index is 2.39. The van der Waals surface area contributed by atoms with Crippen molar-refractivity contribution in [2.24, 2.45) is 5.92 Å². The minimum Gasteiger partial charge on any atom is -0.480 e. The summed E-state index contributed by atoms with van der Waals surface area (Å²) in [5, 5.41) is 12.0. The molecule has 5 heteroatoms. The van der Waals surface area contributed by atoms with E-state index < -0.39 is 12.0 Å². The van der Waals surface area contributed by atoms with Crippen LogP contribution in [-0.4, -0.2) is 47.6 Å². The summed E-state index contributed by atoms with van der Waals surface area (Å²) < 4.78 is 0. The van der Waals surface area contributed by atoms with Crippen LogP contribution in [0.1, 0.15) is 46.0 Å². The zero-order chi connectivity index (χ0) is 14.3. The van der Waals surface area contributed by atoms with Gasteiger partial charge in [-0.15, -0.1) is 0 Å². The molecule has 1 atom stereocenters. The number of nitrogens with zero attached hydrogens (tertiary/aromatic N) is 1. The van der Waals surface area contributed by atoms with Crippen LogP contribution in [-0.2, 0) is 9.59 Å². The average molecular weight is 270 g/mol. The van der Waals surface area contributed by atoms with Gasteiger partial charge < -0.3 is 10.0 Å². The fraction of sp³-hybridized carbons (Fsp3) is 0.857. The first-order chi connectivity index (χ1) is 9.00. The van der Waals surface area contributed by atoms with Crippen molar-refractivity contribution in [1.29, 1.82) is 0 Å². The highest BCUT2D eigenvalue weighted by Gasteiger charge is 2.21. The lowest BCUT2D eigenvalue weighted by molar-refractivity contribution is -0.140. The second-order valence-electron chi connectivity index (χ2n) is 5.70. The number of amides is 1. The Bertz CT molecular complexity index is 297. The van der Waals surface area contributed by atoms with Crippen LogP contribution in [0.4, 0.5) is 0 Å². The topological polar surface area (TPSA) is 69.6 Å². The van der Waals surface area contributed by atoms with Crippen molar-refractivity contribution < 1.29 is 14.7 Å². The standard InChI is InChI=1S/C14H26N2O3/c1-11(2)9-12(14(18)19)15-10-13(17)16-7-5-3-4-6-8-16/h11-12,15H,3-10H2,1-2H3,(H,18,19). The molecule has 1 fully saturated rings. The molecule has 1 saturated heterocycles. The summed E-state index contributed by atoms with van der Waals surface area (Å²) in [6.45, 7) is 5.71. The summed E-state index contributed by atoms with van der Waals surface area (Å²) in [5.41, 5.74) is 0. The van der Waals surface area contributed by atoms with Crippen molar-refractivity contribution >= 4 is 11.9 Å². The molecule has 0 aromatic rings. The lowest BCUT2D eigenvalue weighted by Crippen LogP contribution is -2.45. The van der Waals surface area contributed by atoms with Gasteiger partial charge in [0.05, 0.1) is 6.54 Å². The van der Waals surface area contributed by atoms with Gasteiger partial charge in [0.25, 0.3) is 0 Å². The number of hydrogen-bond acceptors (Lipinski definition) is 3. The van der Waals surface area contributed by atoms with Crippen LogP contribution in [0.2, 0.25) is 0 Å². The van der Waals surface area contributed by atoms with Crippen LogP contribution < -0.4 is 5.32 Å². The Morgan fingerprint density at radius 1 is 1.16 bits per heavy atom. The maximum Gasteiger partial charge on any atom is 0.320 e. The summed E-state index contributed by atoms with van der Waals surface area (Å²) in [6, 6.07) is -0.629. The molecule has 0 aromatic carbocycles. The molecule has 1 aliphatic heterocycles. The predicted molar refractivity (Wildman–Crippen MR) is 73.9 cm³/mol. The highest BCUT2D eigenvalue weighted by molar-refractivity contribution is 5.80. The molecule has 0 saturated carbocycles. The van der Waals surface area contributed by atoms with Crippen molar-refractivity contribution in [2.75, 3.05) is 19.6 Å². The molecule has 0 aromatic heterocycles. The van der Waals surface area contributed by atoms with E-state index in [4.69, 9.17) is 5.11 Å². The number of carbonyl (C=O) groups is 2. The van der Waals surface area contributed by atoms with Gasteiger partial charge in [0.1, 0.15) is 6.04 Å². The maximum absolute atomic E-state index is 12.0. The molecule has 0 bridgehead atoms. The fourth-order valence-electron chi connectivity index (χ4n) is 2.39. The highest BCUT2D eigenvalue weighted by Crippen LogP contribution is 2.10.